The molecule has 1 aromatic heterocycles. The van der Waals surface area contributed by atoms with E-state index >= 15 is 0 Å². The summed E-state index contributed by atoms with van der Waals surface area (Å²) in [5.41, 5.74) is 0. The quantitative estimate of drug-likeness (QED) is 0.799. The number of anilines is 2. The van der Waals surface area contributed by atoms with Gasteiger partial charge in [0.15, 0.2) is 0 Å². The second-order valence-electron chi connectivity index (χ2n) is 5.78. The van der Waals surface area contributed by atoms with E-state index in [1.165, 1.54) is 32.1 Å². The van der Waals surface area contributed by atoms with Crippen molar-refractivity contribution >= 4 is 11.6 Å². The number of aliphatic hydroxyl groups is 1. The summed E-state index contributed by atoms with van der Waals surface area (Å²) in [6, 6.07) is 2.57. The average molecular weight is 276 g/mol. The van der Waals surface area contributed by atoms with Gasteiger partial charge < -0.3 is 15.3 Å². The molecule has 0 unspecified atom stereocenters. The lowest BCUT2D eigenvalue weighted by Crippen LogP contribution is -2.42. The Morgan fingerprint density at radius 2 is 2.10 bits per heavy atom. The zero-order chi connectivity index (χ0) is 13.9. The van der Waals surface area contributed by atoms with Gasteiger partial charge in [0.2, 0.25) is 0 Å². The molecular weight excluding hydrogens is 252 g/mol. The highest BCUT2D eigenvalue weighted by Gasteiger charge is 2.30. The van der Waals surface area contributed by atoms with Crippen LogP contribution in [0.25, 0.3) is 0 Å². The molecular formula is C15H24N4O. The minimum Gasteiger partial charge on any atom is -0.395 e. The van der Waals surface area contributed by atoms with Gasteiger partial charge in [-0.25, -0.2) is 9.97 Å². The number of hydrogen-bond donors (Lipinski definition) is 2. The van der Waals surface area contributed by atoms with Crippen LogP contribution in [0.15, 0.2) is 6.07 Å². The van der Waals surface area contributed by atoms with E-state index in [2.05, 4.69) is 22.1 Å². The summed E-state index contributed by atoms with van der Waals surface area (Å²) in [6.07, 6.45) is 6.11. The molecule has 5 heteroatoms. The second kappa shape index (κ2) is 5.95. The molecule has 2 N–H and O–H groups in total. The van der Waals surface area contributed by atoms with Gasteiger partial charge in [0.05, 0.1) is 6.61 Å². The number of nitrogens with zero attached hydrogens (tertiary/aromatic N) is 3. The molecule has 3 rings (SSSR count). The van der Waals surface area contributed by atoms with Crippen LogP contribution in [0.4, 0.5) is 11.6 Å². The summed E-state index contributed by atoms with van der Waals surface area (Å²) in [5, 5.41) is 12.6. The lowest BCUT2D eigenvalue weighted by Gasteiger charge is -2.38. The van der Waals surface area contributed by atoms with Crippen LogP contribution in [0.3, 0.4) is 0 Å². The van der Waals surface area contributed by atoms with Crippen molar-refractivity contribution in [3.8, 4) is 0 Å². The van der Waals surface area contributed by atoms with Gasteiger partial charge in [-0.3, -0.25) is 0 Å². The first-order valence-corrected chi connectivity index (χ1v) is 7.82. The molecule has 1 aromatic rings. The first-order valence-electron chi connectivity index (χ1n) is 7.82. The van der Waals surface area contributed by atoms with Crippen molar-refractivity contribution in [3.05, 3.63) is 11.9 Å². The van der Waals surface area contributed by atoms with Crippen molar-refractivity contribution < 1.29 is 5.11 Å². The Balaban J connectivity index is 1.88. The molecule has 5 nitrogen and oxygen atoms in total. The largest absolute Gasteiger partial charge is 0.395 e. The smallest absolute Gasteiger partial charge is 0.136 e. The molecule has 0 atom stereocenters. The number of hydrogen-bond acceptors (Lipinski definition) is 5. The Labute approximate surface area is 120 Å². The van der Waals surface area contributed by atoms with Gasteiger partial charge in [-0.1, -0.05) is 0 Å². The number of nitrogens with one attached hydrogen (secondary N) is 1. The molecule has 0 aliphatic heterocycles. The summed E-state index contributed by atoms with van der Waals surface area (Å²) >= 11 is 0. The molecule has 0 bridgehead atoms. The lowest BCUT2D eigenvalue weighted by atomic mass is 9.91. The minimum atomic E-state index is 0.176. The number of rotatable bonds is 7. The molecule has 0 aromatic carbocycles. The SMILES string of the molecule is CCNc1cc(N(CCO)C2CCC2)nc(C2CC2)n1. The number of aromatic nitrogens is 2. The zero-order valence-corrected chi connectivity index (χ0v) is 12.2. The fraction of sp³-hybridized carbons (Fsp3) is 0.733. The Kier molecular flexibility index (Phi) is 4.05. The molecule has 20 heavy (non-hydrogen) atoms. The van der Waals surface area contributed by atoms with Gasteiger partial charge in [-0.05, 0) is 39.0 Å². The van der Waals surface area contributed by atoms with E-state index in [0.29, 0.717) is 18.5 Å². The fourth-order valence-corrected chi connectivity index (χ4v) is 2.69. The molecule has 2 aliphatic rings. The summed E-state index contributed by atoms with van der Waals surface area (Å²) in [4.78, 5) is 11.6. The van der Waals surface area contributed by atoms with Crippen molar-refractivity contribution in [2.45, 2.75) is 51.0 Å². The van der Waals surface area contributed by atoms with Crippen LogP contribution in [0.5, 0.6) is 0 Å². The summed E-state index contributed by atoms with van der Waals surface area (Å²) in [5.74, 6) is 3.42. The van der Waals surface area contributed by atoms with E-state index in [1.807, 2.05) is 6.07 Å². The molecule has 0 amide bonds. The lowest BCUT2D eigenvalue weighted by molar-refractivity contribution is 0.283. The van der Waals surface area contributed by atoms with Crippen LogP contribution in [-0.4, -0.2) is 40.8 Å². The van der Waals surface area contributed by atoms with Crippen LogP contribution in [0, 0.1) is 0 Å². The van der Waals surface area contributed by atoms with Crippen molar-refractivity contribution in [1.29, 1.82) is 0 Å². The third kappa shape index (κ3) is 2.87. The maximum Gasteiger partial charge on any atom is 0.136 e. The number of aliphatic hydroxyl groups excluding tert-OH is 1. The van der Waals surface area contributed by atoms with E-state index in [9.17, 15) is 5.11 Å². The summed E-state index contributed by atoms with van der Waals surface area (Å²) < 4.78 is 0. The summed E-state index contributed by atoms with van der Waals surface area (Å²) in [7, 11) is 0. The Morgan fingerprint density at radius 1 is 1.30 bits per heavy atom. The predicted molar refractivity (Wildman–Crippen MR) is 80.2 cm³/mol. The summed E-state index contributed by atoms with van der Waals surface area (Å²) in [6.45, 7) is 3.78. The van der Waals surface area contributed by atoms with Crippen LogP contribution in [0.2, 0.25) is 0 Å². The average Bonchev–Trinajstić information content (AvgIpc) is 3.20. The predicted octanol–water partition coefficient (Wildman–Crippen LogP) is 2.14. The Bertz CT molecular complexity index is 457. The monoisotopic (exact) mass is 276 g/mol. The fourth-order valence-electron chi connectivity index (χ4n) is 2.69. The van der Waals surface area contributed by atoms with E-state index in [-0.39, 0.29) is 6.61 Å². The van der Waals surface area contributed by atoms with Crippen LogP contribution in [0.1, 0.15) is 50.8 Å². The highest BCUT2D eigenvalue weighted by Crippen LogP contribution is 2.39. The molecule has 0 spiro atoms. The molecule has 2 aliphatic carbocycles. The van der Waals surface area contributed by atoms with Gasteiger partial charge in [0.1, 0.15) is 17.5 Å². The van der Waals surface area contributed by atoms with Gasteiger partial charge in [0, 0.05) is 31.1 Å². The molecule has 2 fully saturated rings. The van der Waals surface area contributed by atoms with Gasteiger partial charge in [0.25, 0.3) is 0 Å². The van der Waals surface area contributed by atoms with Crippen molar-refractivity contribution in [2.24, 2.45) is 0 Å². The maximum atomic E-state index is 9.33. The molecule has 110 valence electrons. The van der Waals surface area contributed by atoms with Gasteiger partial charge in [-0.15, -0.1) is 0 Å². The van der Waals surface area contributed by atoms with Crippen LogP contribution < -0.4 is 10.2 Å². The topological polar surface area (TPSA) is 61.3 Å². The molecule has 1 heterocycles. The minimum absolute atomic E-state index is 0.176. The third-order valence-electron chi connectivity index (χ3n) is 4.18. The highest BCUT2D eigenvalue weighted by molar-refractivity contribution is 5.51. The zero-order valence-electron chi connectivity index (χ0n) is 12.2. The van der Waals surface area contributed by atoms with E-state index in [4.69, 9.17) is 4.98 Å². The van der Waals surface area contributed by atoms with Crippen molar-refractivity contribution in [1.82, 2.24) is 9.97 Å². The van der Waals surface area contributed by atoms with E-state index < -0.39 is 0 Å². The van der Waals surface area contributed by atoms with Crippen molar-refractivity contribution in [3.63, 3.8) is 0 Å². The molecule has 2 saturated carbocycles. The van der Waals surface area contributed by atoms with Crippen LogP contribution in [-0.2, 0) is 0 Å². The third-order valence-corrected chi connectivity index (χ3v) is 4.18. The van der Waals surface area contributed by atoms with Crippen molar-refractivity contribution in [2.75, 3.05) is 29.9 Å². The first-order chi connectivity index (χ1) is 9.81. The van der Waals surface area contributed by atoms with Gasteiger partial charge >= 0.3 is 0 Å². The van der Waals surface area contributed by atoms with Gasteiger partial charge in [-0.2, -0.15) is 0 Å². The second-order valence-corrected chi connectivity index (χ2v) is 5.78. The highest BCUT2D eigenvalue weighted by atomic mass is 16.3. The maximum absolute atomic E-state index is 9.33. The Morgan fingerprint density at radius 3 is 2.65 bits per heavy atom. The molecule has 0 saturated heterocycles. The first kappa shape index (κ1) is 13.6. The van der Waals surface area contributed by atoms with E-state index in [0.717, 1.165) is 24.0 Å². The van der Waals surface area contributed by atoms with E-state index in [1.54, 1.807) is 0 Å². The normalized spacial score (nSPS) is 18.7. The van der Waals surface area contributed by atoms with Crippen LogP contribution >= 0.6 is 0 Å². The standard InChI is InChI=1S/C15H24N4O/c1-2-16-13-10-14(18-15(17-13)11-6-7-11)19(8-9-20)12-4-3-5-12/h10-12,20H,2-9H2,1H3,(H,16,17,18). The Hall–Kier alpha value is -1.36. The molecule has 0 radical (unpaired) electrons.